The lowest BCUT2D eigenvalue weighted by molar-refractivity contribution is -0.292. The molecule has 0 radical (unpaired) electrons. The fourth-order valence-electron chi connectivity index (χ4n) is 0.605. The molecule has 0 aliphatic heterocycles. The smallest absolute Gasteiger partial charge is 0.240 e. The van der Waals surface area contributed by atoms with Gasteiger partial charge in [-0.3, -0.25) is 0 Å². The van der Waals surface area contributed by atoms with Crippen molar-refractivity contribution < 1.29 is 35.1 Å². The van der Waals surface area contributed by atoms with Gasteiger partial charge in [0.25, 0.3) is 5.92 Å². The maximum Gasteiger partial charge on any atom is 0.453 e. The molecule has 0 saturated carbocycles. The topological polar surface area (TPSA) is 0 Å². The first kappa shape index (κ1) is 14.2. The van der Waals surface area contributed by atoms with Crippen LogP contribution in [0.15, 0.2) is 12.7 Å². The van der Waals surface area contributed by atoms with Crippen molar-refractivity contribution >= 4 is 0 Å². The second-order valence-corrected chi connectivity index (χ2v) is 2.75. The average molecular weight is 242 g/mol. The summed E-state index contributed by atoms with van der Waals surface area (Å²) in [6.07, 6.45) is -12.6. The van der Waals surface area contributed by atoms with E-state index in [-0.39, 0.29) is 6.08 Å². The van der Waals surface area contributed by atoms with Crippen LogP contribution in [0.5, 0.6) is 0 Å². The standard InChI is InChI=1S/C7H6F8/c1-2-5(9,10)4(8)3-6(11,12)7(13,14)15/h2,4H,1,3H2. The van der Waals surface area contributed by atoms with Crippen LogP contribution in [0.2, 0.25) is 0 Å². The minimum atomic E-state index is -6.05. The van der Waals surface area contributed by atoms with E-state index in [2.05, 4.69) is 6.58 Å². The highest BCUT2D eigenvalue weighted by molar-refractivity contribution is 4.96. The number of hydrogen-bond donors (Lipinski definition) is 0. The van der Waals surface area contributed by atoms with Gasteiger partial charge < -0.3 is 0 Å². The Kier molecular flexibility index (Phi) is 3.76. The van der Waals surface area contributed by atoms with Crippen molar-refractivity contribution in [2.45, 2.75) is 30.6 Å². The third-order valence-corrected chi connectivity index (χ3v) is 1.54. The lowest BCUT2D eigenvalue weighted by Crippen LogP contribution is -2.42. The summed E-state index contributed by atoms with van der Waals surface area (Å²) < 4.78 is 95.7. The molecule has 0 N–H and O–H groups in total. The van der Waals surface area contributed by atoms with Crippen LogP contribution >= 0.6 is 0 Å². The van der Waals surface area contributed by atoms with Crippen LogP contribution in [-0.4, -0.2) is 24.2 Å². The molecule has 0 nitrogen and oxygen atoms in total. The van der Waals surface area contributed by atoms with Gasteiger partial charge in [-0.2, -0.15) is 30.7 Å². The summed E-state index contributed by atoms with van der Waals surface area (Å²) in [7, 11) is 0. The summed E-state index contributed by atoms with van der Waals surface area (Å²) in [6, 6.07) is 0. The maximum absolute atomic E-state index is 12.4. The van der Waals surface area contributed by atoms with E-state index in [0.717, 1.165) is 0 Å². The van der Waals surface area contributed by atoms with Crippen molar-refractivity contribution in [2.75, 3.05) is 0 Å². The quantitative estimate of drug-likeness (QED) is 0.520. The number of halogens is 8. The van der Waals surface area contributed by atoms with Crippen molar-refractivity contribution in [3.63, 3.8) is 0 Å². The van der Waals surface area contributed by atoms with Gasteiger partial charge in [0, 0.05) is 0 Å². The van der Waals surface area contributed by atoms with Crippen LogP contribution in [0.25, 0.3) is 0 Å². The van der Waals surface area contributed by atoms with Gasteiger partial charge in [-0.05, 0) is 6.08 Å². The van der Waals surface area contributed by atoms with Gasteiger partial charge >= 0.3 is 12.1 Å². The first-order valence-corrected chi connectivity index (χ1v) is 3.54. The number of alkyl halides is 8. The molecule has 1 unspecified atom stereocenters. The second kappa shape index (κ2) is 3.97. The van der Waals surface area contributed by atoms with Crippen molar-refractivity contribution in [3.8, 4) is 0 Å². The molecule has 0 fully saturated rings. The Balaban J connectivity index is 4.68. The molecule has 0 aliphatic rings. The Hall–Kier alpha value is -0.820. The van der Waals surface area contributed by atoms with Gasteiger partial charge in [0.05, 0.1) is 6.42 Å². The molecule has 0 aromatic rings. The first-order chi connectivity index (χ1) is 6.44. The zero-order chi connectivity index (χ0) is 12.5. The Morgan fingerprint density at radius 3 is 1.67 bits per heavy atom. The van der Waals surface area contributed by atoms with E-state index < -0.39 is 30.6 Å². The Morgan fingerprint density at radius 1 is 1.00 bits per heavy atom. The van der Waals surface area contributed by atoms with Crippen molar-refractivity contribution in [1.29, 1.82) is 0 Å². The molecular weight excluding hydrogens is 236 g/mol. The van der Waals surface area contributed by atoms with E-state index in [0.29, 0.717) is 0 Å². The first-order valence-electron chi connectivity index (χ1n) is 3.54. The van der Waals surface area contributed by atoms with E-state index >= 15 is 0 Å². The Morgan fingerprint density at radius 2 is 1.40 bits per heavy atom. The molecule has 15 heavy (non-hydrogen) atoms. The third-order valence-electron chi connectivity index (χ3n) is 1.54. The monoisotopic (exact) mass is 242 g/mol. The normalized spacial score (nSPS) is 16.3. The van der Waals surface area contributed by atoms with Crippen LogP contribution in [0.1, 0.15) is 6.42 Å². The minimum Gasteiger partial charge on any atom is -0.240 e. The fourth-order valence-corrected chi connectivity index (χ4v) is 0.605. The second-order valence-electron chi connectivity index (χ2n) is 2.75. The number of hydrogen-bond acceptors (Lipinski definition) is 0. The fraction of sp³-hybridized carbons (Fsp3) is 0.714. The third kappa shape index (κ3) is 3.35. The van der Waals surface area contributed by atoms with Crippen LogP contribution in [0.4, 0.5) is 35.1 Å². The zero-order valence-corrected chi connectivity index (χ0v) is 7.09. The summed E-state index contributed by atoms with van der Waals surface area (Å²) in [5.74, 6) is -9.90. The van der Waals surface area contributed by atoms with Gasteiger partial charge in [0.2, 0.25) is 0 Å². The average Bonchev–Trinajstić information content (AvgIpc) is 2.01. The molecule has 0 rings (SSSR count). The summed E-state index contributed by atoms with van der Waals surface area (Å²) in [4.78, 5) is 0. The molecule has 0 bridgehead atoms. The highest BCUT2D eigenvalue weighted by Crippen LogP contribution is 2.42. The van der Waals surface area contributed by atoms with Crippen molar-refractivity contribution in [2.24, 2.45) is 0 Å². The predicted molar refractivity (Wildman–Crippen MR) is 35.7 cm³/mol. The van der Waals surface area contributed by atoms with E-state index in [1.54, 1.807) is 0 Å². The molecule has 0 aromatic carbocycles. The molecule has 1 atom stereocenters. The van der Waals surface area contributed by atoms with Gasteiger partial charge in [-0.25, -0.2) is 4.39 Å². The van der Waals surface area contributed by atoms with Gasteiger partial charge in [-0.15, -0.1) is 0 Å². The summed E-state index contributed by atoms with van der Waals surface area (Å²) >= 11 is 0. The summed E-state index contributed by atoms with van der Waals surface area (Å²) in [6.45, 7) is 2.43. The lowest BCUT2D eigenvalue weighted by atomic mass is 10.1. The highest BCUT2D eigenvalue weighted by Gasteiger charge is 2.60. The van der Waals surface area contributed by atoms with Crippen molar-refractivity contribution in [3.05, 3.63) is 12.7 Å². The van der Waals surface area contributed by atoms with Gasteiger partial charge in [0.15, 0.2) is 6.17 Å². The zero-order valence-electron chi connectivity index (χ0n) is 7.09. The minimum absolute atomic E-state index is 0.315. The highest BCUT2D eigenvalue weighted by atomic mass is 19.4. The largest absolute Gasteiger partial charge is 0.453 e. The molecule has 0 amide bonds. The molecule has 0 spiro atoms. The molecule has 0 aliphatic carbocycles. The molecule has 0 aromatic heterocycles. The maximum atomic E-state index is 12.4. The van der Waals surface area contributed by atoms with Crippen LogP contribution in [-0.2, 0) is 0 Å². The molecule has 0 heterocycles. The molecule has 0 saturated heterocycles. The van der Waals surface area contributed by atoms with E-state index in [1.165, 1.54) is 0 Å². The van der Waals surface area contributed by atoms with E-state index in [9.17, 15) is 35.1 Å². The summed E-state index contributed by atoms with van der Waals surface area (Å²) in [5.41, 5.74) is 0. The molecular formula is C7H6F8. The van der Waals surface area contributed by atoms with Crippen LogP contribution in [0, 0.1) is 0 Å². The van der Waals surface area contributed by atoms with E-state index in [4.69, 9.17) is 0 Å². The van der Waals surface area contributed by atoms with E-state index in [1.807, 2.05) is 0 Å². The van der Waals surface area contributed by atoms with Crippen LogP contribution < -0.4 is 0 Å². The lowest BCUT2D eigenvalue weighted by Gasteiger charge is -2.24. The van der Waals surface area contributed by atoms with Crippen molar-refractivity contribution in [1.82, 2.24) is 0 Å². The summed E-state index contributed by atoms with van der Waals surface area (Å²) in [5, 5.41) is 0. The molecule has 90 valence electrons. The number of rotatable bonds is 4. The Labute approximate surface area is 79.6 Å². The SMILES string of the molecule is C=CC(F)(F)C(F)CC(F)(F)C(F)(F)F. The Bertz CT molecular complexity index is 228. The van der Waals surface area contributed by atoms with Gasteiger partial charge in [-0.1, -0.05) is 6.58 Å². The molecule has 8 heteroatoms. The van der Waals surface area contributed by atoms with Crippen LogP contribution in [0.3, 0.4) is 0 Å². The van der Waals surface area contributed by atoms with Gasteiger partial charge in [0.1, 0.15) is 0 Å². The number of allylic oxidation sites excluding steroid dienone is 1. The predicted octanol–water partition coefficient (Wildman–Crippen LogP) is 3.73.